The van der Waals surface area contributed by atoms with Crippen LogP contribution in [0.15, 0.2) is 28.8 Å². The zero-order chi connectivity index (χ0) is 17.4. The van der Waals surface area contributed by atoms with Crippen molar-refractivity contribution in [3.8, 4) is 0 Å². The average molecular weight is 341 g/mol. The maximum Gasteiger partial charge on any atom is 0.232 e. The van der Waals surface area contributed by atoms with Gasteiger partial charge in [0.05, 0.1) is 12.0 Å². The minimum Gasteiger partial charge on any atom is -0.339 e. The van der Waals surface area contributed by atoms with Gasteiger partial charge in [-0.25, -0.2) is 0 Å². The molecule has 0 aliphatic carbocycles. The summed E-state index contributed by atoms with van der Waals surface area (Å²) in [4.78, 5) is 21.1. The van der Waals surface area contributed by atoms with Crippen molar-refractivity contribution in [1.29, 1.82) is 0 Å². The van der Waals surface area contributed by atoms with Crippen molar-refractivity contribution >= 4 is 11.6 Å². The van der Waals surface area contributed by atoms with Crippen LogP contribution in [0.5, 0.6) is 0 Å². The first-order chi connectivity index (χ1) is 12.1. The Morgan fingerprint density at radius 1 is 1.28 bits per heavy atom. The summed E-state index contributed by atoms with van der Waals surface area (Å²) < 4.78 is 5.51. The van der Waals surface area contributed by atoms with Gasteiger partial charge in [-0.05, 0) is 26.1 Å². The topological polar surface area (TPSA) is 74.5 Å². The van der Waals surface area contributed by atoms with Crippen LogP contribution in [0.4, 0.5) is 5.69 Å². The van der Waals surface area contributed by atoms with E-state index in [-0.39, 0.29) is 17.9 Å². The van der Waals surface area contributed by atoms with E-state index in [0.29, 0.717) is 24.7 Å². The third kappa shape index (κ3) is 3.17. The number of carbonyl (C=O) groups excluding carboxylic acids is 1. The molecule has 0 spiro atoms. The number of rotatable bonds is 3. The molecule has 2 aliphatic rings. The second-order valence-electron chi connectivity index (χ2n) is 6.93. The molecule has 0 radical (unpaired) electrons. The SMILES string of the molecule is Cc1ccc(N2CC(c3nc(C4CNCCN4C)no3)CC2=O)cc1. The van der Waals surface area contributed by atoms with Gasteiger partial charge in [-0.2, -0.15) is 4.98 Å². The molecule has 2 aliphatic heterocycles. The van der Waals surface area contributed by atoms with E-state index < -0.39 is 0 Å². The molecule has 2 fully saturated rings. The predicted molar refractivity (Wildman–Crippen MR) is 93.4 cm³/mol. The predicted octanol–water partition coefficient (Wildman–Crippen LogP) is 1.47. The van der Waals surface area contributed by atoms with Gasteiger partial charge >= 0.3 is 0 Å². The molecule has 2 atom stereocenters. The first kappa shape index (κ1) is 16.2. The lowest BCUT2D eigenvalue weighted by Gasteiger charge is -2.30. The standard InChI is InChI=1S/C18H23N5O2/c1-12-3-5-14(6-4-12)23-11-13(9-16(23)24)18-20-17(21-25-18)15-10-19-7-8-22(15)2/h3-6,13,15,19H,7-11H2,1-2H3. The van der Waals surface area contributed by atoms with Gasteiger partial charge in [0.25, 0.3) is 0 Å². The molecule has 0 saturated carbocycles. The monoisotopic (exact) mass is 341 g/mol. The molecular formula is C18H23N5O2. The fourth-order valence-corrected chi connectivity index (χ4v) is 3.49. The summed E-state index contributed by atoms with van der Waals surface area (Å²) in [7, 11) is 2.07. The lowest BCUT2D eigenvalue weighted by atomic mass is 10.1. The maximum absolute atomic E-state index is 12.4. The largest absolute Gasteiger partial charge is 0.339 e. The van der Waals surface area contributed by atoms with Crippen molar-refractivity contribution in [3.05, 3.63) is 41.5 Å². The summed E-state index contributed by atoms with van der Waals surface area (Å²) >= 11 is 0. The quantitative estimate of drug-likeness (QED) is 0.911. The van der Waals surface area contributed by atoms with Crippen molar-refractivity contribution in [2.45, 2.75) is 25.3 Å². The minimum atomic E-state index is -0.0445. The number of nitrogens with one attached hydrogen (secondary N) is 1. The van der Waals surface area contributed by atoms with Gasteiger partial charge in [0.1, 0.15) is 0 Å². The number of likely N-dealkylation sites (N-methyl/N-ethyl adjacent to an activating group) is 1. The molecule has 2 unspecified atom stereocenters. The fourth-order valence-electron chi connectivity index (χ4n) is 3.49. The van der Waals surface area contributed by atoms with Crippen molar-refractivity contribution in [2.75, 3.05) is 38.1 Å². The third-order valence-electron chi connectivity index (χ3n) is 5.09. The molecule has 2 saturated heterocycles. The zero-order valence-corrected chi connectivity index (χ0v) is 14.6. The van der Waals surface area contributed by atoms with Crippen LogP contribution >= 0.6 is 0 Å². The van der Waals surface area contributed by atoms with Gasteiger partial charge in [0, 0.05) is 38.3 Å². The van der Waals surface area contributed by atoms with Gasteiger partial charge in [0.15, 0.2) is 5.82 Å². The van der Waals surface area contributed by atoms with Gasteiger partial charge in [-0.3, -0.25) is 9.69 Å². The third-order valence-corrected chi connectivity index (χ3v) is 5.09. The highest BCUT2D eigenvalue weighted by atomic mass is 16.5. The molecule has 2 aromatic rings. The molecule has 1 aromatic carbocycles. The second kappa shape index (κ2) is 6.57. The van der Waals surface area contributed by atoms with Crippen LogP contribution in [0.2, 0.25) is 0 Å². The van der Waals surface area contributed by atoms with Crippen LogP contribution in [0.25, 0.3) is 0 Å². The summed E-state index contributed by atoms with van der Waals surface area (Å²) in [5, 5.41) is 7.53. The first-order valence-electron chi connectivity index (χ1n) is 8.73. The van der Waals surface area contributed by atoms with Gasteiger partial charge in [-0.15, -0.1) is 0 Å². The zero-order valence-electron chi connectivity index (χ0n) is 14.6. The number of amides is 1. The van der Waals surface area contributed by atoms with Crippen LogP contribution < -0.4 is 10.2 Å². The molecule has 132 valence electrons. The highest BCUT2D eigenvalue weighted by Crippen LogP contribution is 2.32. The fraction of sp³-hybridized carbons (Fsp3) is 0.500. The Morgan fingerprint density at radius 3 is 2.84 bits per heavy atom. The van der Waals surface area contributed by atoms with Crippen LogP contribution in [-0.2, 0) is 4.79 Å². The van der Waals surface area contributed by atoms with E-state index in [0.717, 1.165) is 25.3 Å². The summed E-state index contributed by atoms with van der Waals surface area (Å²) in [5.41, 5.74) is 2.10. The van der Waals surface area contributed by atoms with Crippen LogP contribution in [0.3, 0.4) is 0 Å². The average Bonchev–Trinajstić information content (AvgIpc) is 3.23. The van der Waals surface area contributed by atoms with Crippen molar-refractivity contribution in [3.63, 3.8) is 0 Å². The van der Waals surface area contributed by atoms with E-state index in [1.807, 2.05) is 36.1 Å². The molecule has 7 heteroatoms. The van der Waals surface area contributed by atoms with E-state index in [9.17, 15) is 4.79 Å². The first-order valence-corrected chi connectivity index (χ1v) is 8.73. The van der Waals surface area contributed by atoms with Crippen LogP contribution in [0.1, 0.15) is 35.7 Å². The van der Waals surface area contributed by atoms with E-state index in [2.05, 4.69) is 27.4 Å². The van der Waals surface area contributed by atoms with Crippen molar-refractivity contribution in [2.24, 2.45) is 0 Å². The number of hydrogen-bond acceptors (Lipinski definition) is 6. The number of hydrogen-bond donors (Lipinski definition) is 1. The molecule has 7 nitrogen and oxygen atoms in total. The van der Waals surface area contributed by atoms with E-state index in [4.69, 9.17) is 4.52 Å². The molecule has 1 N–H and O–H groups in total. The summed E-state index contributed by atoms with van der Waals surface area (Å²) in [6, 6.07) is 8.13. The molecule has 25 heavy (non-hydrogen) atoms. The normalized spacial score (nSPS) is 24.9. The Hall–Kier alpha value is -2.25. The van der Waals surface area contributed by atoms with E-state index in [1.165, 1.54) is 5.56 Å². The van der Waals surface area contributed by atoms with E-state index in [1.54, 1.807) is 0 Å². The Labute approximate surface area is 147 Å². The number of nitrogens with zero attached hydrogens (tertiary/aromatic N) is 4. The number of aryl methyl sites for hydroxylation is 1. The number of aromatic nitrogens is 2. The lowest BCUT2D eigenvalue weighted by molar-refractivity contribution is -0.117. The smallest absolute Gasteiger partial charge is 0.232 e. The molecule has 1 aromatic heterocycles. The second-order valence-corrected chi connectivity index (χ2v) is 6.93. The van der Waals surface area contributed by atoms with Crippen molar-refractivity contribution < 1.29 is 9.32 Å². The van der Waals surface area contributed by atoms with Gasteiger partial charge in [0.2, 0.25) is 11.8 Å². The molecule has 3 heterocycles. The minimum absolute atomic E-state index is 0.0445. The van der Waals surface area contributed by atoms with E-state index >= 15 is 0 Å². The highest BCUT2D eigenvalue weighted by molar-refractivity contribution is 5.96. The molecule has 1 amide bonds. The van der Waals surface area contributed by atoms with Crippen LogP contribution in [0, 0.1) is 6.92 Å². The maximum atomic E-state index is 12.4. The van der Waals surface area contributed by atoms with Gasteiger partial charge < -0.3 is 14.7 Å². The summed E-state index contributed by atoms with van der Waals surface area (Å²) in [6.45, 7) is 5.37. The Bertz CT molecular complexity index is 757. The Morgan fingerprint density at radius 2 is 2.08 bits per heavy atom. The summed E-state index contributed by atoms with van der Waals surface area (Å²) in [5.74, 6) is 1.32. The van der Waals surface area contributed by atoms with Crippen molar-refractivity contribution in [1.82, 2.24) is 20.4 Å². The number of anilines is 1. The number of benzene rings is 1. The highest BCUT2D eigenvalue weighted by Gasteiger charge is 2.36. The van der Waals surface area contributed by atoms with Gasteiger partial charge in [-0.1, -0.05) is 22.9 Å². The number of piperazine rings is 1. The lowest BCUT2D eigenvalue weighted by Crippen LogP contribution is -2.44. The molecular weight excluding hydrogens is 318 g/mol. The van der Waals surface area contributed by atoms with Crippen LogP contribution in [-0.4, -0.2) is 54.2 Å². The molecule has 4 rings (SSSR count). The summed E-state index contributed by atoms with van der Waals surface area (Å²) in [6.07, 6.45) is 0.411. The number of carbonyl (C=O) groups is 1. The molecule has 0 bridgehead atoms. The Balaban J connectivity index is 1.50. The Kier molecular flexibility index (Phi) is 4.27.